The Hall–Kier alpha value is -0.610. The second-order valence-electron chi connectivity index (χ2n) is 5.06. The van der Waals surface area contributed by atoms with Gasteiger partial charge in [-0.1, -0.05) is 12.8 Å². The van der Waals surface area contributed by atoms with E-state index in [0.29, 0.717) is 12.6 Å². The molecule has 4 nitrogen and oxygen atoms in total. The van der Waals surface area contributed by atoms with Crippen LogP contribution in [-0.4, -0.2) is 49.6 Å². The third-order valence-electron chi connectivity index (χ3n) is 3.64. The summed E-state index contributed by atoms with van der Waals surface area (Å²) in [6, 6.07) is 0.340. The van der Waals surface area contributed by atoms with Crippen LogP contribution in [0.4, 0.5) is 0 Å². The van der Waals surface area contributed by atoms with Gasteiger partial charge in [0.1, 0.15) is 0 Å². The lowest BCUT2D eigenvalue weighted by molar-refractivity contribution is -0.125. The summed E-state index contributed by atoms with van der Waals surface area (Å²) in [5.41, 5.74) is 0. The molecule has 0 bridgehead atoms. The third-order valence-corrected chi connectivity index (χ3v) is 3.64. The molecule has 1 aliphatic rings. The van der Waals surface area contributed by atoms with Crippen molar-refractivity contribution in [2.75, 3.05) is 26.7 Å². The summed E-state index contributed by atoms with van der Waals surface area (Å²) in [7, 11) is 1.91. The van der Waals surface area contributed by atoms with Crippen molar-refractivity contribution in [3.63, 3.8) is 0 Å². The van der Waals surface area contributed by atoms with Crippen molar-refractivity contribution in [3.8, 4) is 0 Å². The molecule has 0 aromatic heterocycles. The molecule has 1 fully saturated rings. The van der Waals surface area contributed by atoms with Crippen molar-refractivity contribution in [2.24, 2.45) is 0 Å². The molecule has 1 heterocycles. The van der Waals surface area contributed by atoms with Gasteiger partial charge in [0.05, 0.1) is 6.04 Å². The Balaban J connectivity index is 2.33. The summed E-state index contributed by atoms with van der Waals surface area (Å²) >= 11 is 0. The van der Waals surface area contributed by atoms with Gasteiger partial charge in [0.25, 0.3) is 0 Å². The second kappa shape index (κ2) is 7.67. The molecule has 17 heavy (non-hydrogen) atoms. The molecule has 1 saturated heterocycles. The van der Waals surface area contributed by atoms with Crippen LogP contribution in [0.5, 0.6) is 0 Å². The minimum absolute atomic E-state index is 0.0113. The van der Waals surface area contributed by atoms with Gasteiger partial charge in [-0.05, 0) is 46.8 Å². The second-order valence-corrected chi connectivity index (χ2v) is 5.06. The lowest BCUT2D eigenvalue weighted by Crippen LogP contribution is -2.48. The third kappa shape index (κ3) is 5.04. The van der Waals surface area contributed by atoms with E-state index in [4.69, 9.17) is 0 Å². The zero-order valence-corrected chi connectivity index (χ0v) is 11.5. The van der Waals surface area contributed by atoms with Crippen molar-refractivity contribution >= 4 is 5.91 Å². The lowest BCUT2D eigenvalue weighted by atomic mass is 10.2. The summed E-state index contributed by atoms with van der Waals surface area (Å²) in [4.78, 5) is 14.3. The normalized spacial score (nSPS) is 21.6. The van der Waals surface area contributed by atoms with Crippen LogP contribution in [0.1, 0.15) is 39.5 Å². The fraction of sp³-hybridized carbons (Fsp3) is 0.923. The number of hydrogen-bond acceptors (Lipinski definition) is 3. The highest BCUT2D eigenvalue weighted by Crippen LogP contribution is 2.12. The predicted molar refractivity (Wildman–Crippen MR) is 71.0 cm³/mol. The minimum atomic E-state index is 0.0113. The summed E-state index contributed by atoms with van der Waals surface area (Å²) < 4.78 is 0. The molecule has 1 amide bonds. The average Bonchev–Trinajstić information content (AvgIpc) is 2.63. The number of amides is 1. The van der Waals surface area contributed by atoms with E-state index in [0.717, 1.165) is 13.1 Å². The Bertz CT molecular complexity index is 225. The lowest BCUT2D eigenvalue weighted by Gasteiger charge is -2.27. The predicted octanol–water partition coefficient (Wildman–Crippen LogP) is 0.975. The highest BCUT2D eigenvalue weighted by atomic mass is 16.2. The van der Waals surface area contributed by atoms with Crippen LogP contribution in [0.25, 0.3) is 0 Å². The molecular formula is C13H27N3O. The first-order chi connectivity index (χ1) is 8.15. The highest BCUT2D eigenvalue weighted by Gasteiger charge is 2.21. The monoisotopic (exact) mass is 241 g/mol. The van der Waals surface area contributed by atoms with Gasteiger partial charge in [0.15, 0.2) is 0 Å². The molecule has 2 N–H and O–H groups in total. The van der Waals surface area contributed by atoms with Crippen LogP contribution in [0.2, 0.25) is 0 Å². The summed E-state index contributed by atoms with van der Waals surface area (Å²) in [5, 5.41) is 6.13. The van der Waals surface area contributed by atoms with E-state index in [9.17, 15) is 4.79 Å². The molecule has 0 aliphatic carbocycles. The number of nitrogens with one attached hydrogen (secondary N) is 2. The molecule has 4 heteroatoms. The van der Waals surface area contributed by atoms with E-state index >= 15 is 0 Å². The van der Waals surface area contributed by atoms with E-state index < -0.39 is 0 Å². The summed E-state index contributed by atoms with van der Waals surface area (Å²) in [6.07, 6.45) is 5.07. The molecule has 2 unspecified atom stereocenters. The first-order valence-electron chi connectivity index (χ1n) is 6.84. The largest absolute Gasteiger partial charge is 0.353 e. The smallest absolute Gasteiger partial charge is 0.237 e. The van der Waals surface area contributed by atoms with Gasteiger partial charge >= 0.3 is 0 Å². The maximum absolute atomic E-state index is 12.0. The molecule has 0 aromatic rings. The van der Waals surface area contributed by atoms with Crippen molar-refractivity contribution in [1.82, 2.24) is 15.5 Å². The van der Waals surface area contributed by atoms with Crippen LogP contribution in [0.15, 0.2) is 0 Å². The number of nitrogens with zero attached hydrogens (tertiary/aromatic N) is 1. The van der Waals surface area contributed by atoms with Gasteiger partial charge in [0.2, 0.25) is 5.91 Å². The van der Waals surface area contributed by atoms with Gasteiger partial charge in [0, 0.05) is 12.6 Å². The van der Waals surface area contributed by atoms with Gasteiger partial charge in [-0.15, -0.1) is 0 Å². The van der Waals surface area contributed by atoms with Gasteiger partial charge in [-0.25, -0.2) is 0 Å². The van der Waals surface area contributed by atoms with Crippen molar-refractivity contribution < 1.29 is 4.79 Å². The maximum atomic E-state index is 12.0. The van der Waals surface area contributed by atoms with E-state index in [-0.39, 0.29) is 11.9 Å². The minimum Gasteiger partial charge on any atom is -0.353 e. The molecule has 100 valence electrons. The topological polar surface area (TPSA) is 44.4 Å². The molecule has 0 radical (unpaired) electrons. The Labute approximate surface area is 105 Å². The molecule has 2 atom stereocenters. The Morgan fingerprint density at radius 2 is 1.76 bits per heavy atom. The zero-order chi connectivity index (χ0) is 12.7. The fourth-order valence-electron chi connectivity index (χ4n) is 2.15. The zero-order valence-electron chi connectivity index (χ0n) is 11.5. The molecule has 0 aromatic carbocycles. The number of likely N-dealkylation sites (tertiary alicyclic amines) is 1. The number of rotatable bonds is 5. The number of hydrogen-bond donors (Lipinski definition) is 2. The fourth-order valence-corrected chi connectivity index (χ4v) is 2.15. The quantitative estimate of drug-likeness (QED) is 0.754. The number of likely N-dealkylation sites (N-methyl/N-ethyl adjacent to an activating group) is 1. The van der Waals surface area contributed by atoms with Crippen molar-refractivity contribution in [3.05, 3.63) is 0 Å². The first kappa shape index (κ1) is 14.5. The van der Waals surface area contributed by atoms with Crippen molar-refractivity contribution in [2.45, 2.75) is 51.6 Å². The molecule has 1 rings (SSSR count). The summed E-state index contributed by atoms with van der Waals surface area (Å²) in [5.74, 6) is 0.161. The standard InChI is InChI=1S/C13H27N3O/c1-11(14-3)10-15-13(17)12(2)16-8-6-4-5-7-9-16/h11-12,14H,4-10H2,1-3H3,(H,15,17). The number of carbonyl (C=O) groups excluding carboxylic acids is 1. The molecular weight excluding hydrogens is 214 g/mol. The van der Waals surface area contributed by atoms with Crippen LogP contribution in [0.3, 0.4) is 0 Å². The average molecular weight is 241 g/mol. The van der Waals surface area contributed by atoms with E-state index in [1.54, 1.807) is 0 Å². The Kier molecular flexibility index (Phi) is 6.52. The van der Waals surface area contributed by atoms with Crippen LogP contribution < -0.4 is 10.6 Å². The van der Waals surface area contributed by atoms with Crippen LogP contribution in [-0.2, 0) is 4.79 Å². The van der Waals surface area contributed by atoms with Crippen LogP contribution >= 0.6 is 0 Å². The van der Waals surface area contributed by atoms with E-state index in [1.165, 1.54) is 25.7 Å². The highest BCUT2D eigenvalue weighted by molar-refractivity contribution is 5.81. The van der Waals surface area contributed by atoms with Gasteiger partial charge in [-0.3, -0.25) is 9.69 Å². The number of carbonyl (C=O) groups is 1. The molecule has 0 saturated carbocycles. The Morgan fingerprint density at radius 3 is 2.29 bits per heavy atom. The molecule has 0 spiro atoms. The Morgan fingerprint density at radius 1 is 1.18 bits per heavy atom. The SMILES string of the molecule is CNC(C)CNC(=O)C(C)N1CCCCCC1. The van der Waals surface area contributed by atoms with E-state index in [2.05, 4.69) is 22.5 Å². The molecule has 1 aliphatic heterocycles. The van der Waals surface area contributed by atoms with E-state index in [1.807, 2.05) is 14.0 Å². The first-order valence-corrected chi connectivity index (χ1v) is 6.84. The van der Waals surface area contributed by atoms with Gasteiger partial charge in [-0.2, -0.15) is 0 Å². The van der Waals surface area contributed by atoms with Gasteiger partial charge < -0.3 is 10.6 Å². The summed E-state index contributed by atoms with van der Waals surface area (Å²) in [6.45, 7) is 6.92. The van der Waals surface area contributed by atoms with Crippen molar-refractivity contribution in [1.29, 1.82) is 0 Å². The van der Waals surface area contributed by atoms with Crippen LogP contribution in [0, 0.1) is 0 Å². The maximum Gasteiger partial charge on any atom is 0.237 e.